The van der Waals surface area contributed by atoms with Crippen LogP contribution in [0.3, 0.4) is 0 Å². The molecule has 0 N–H and O–H groups in total. The molecular weight excluding hydrogens is 259 g/mol. The maximum absolute atomic E-state index is 13.6. The lowest BCUT2D eigenvalue weighted by Gasteiger charge is -2.20. The largest absolute Gasteiger partial charge is 0.304 e. The number of nitro groups is 1. The molecule has 0 saturated carbocycles. The molecule has 1 aliphatic rings. The SMILES string of the molecule is CCC1CCCN(Cc2ccc([N+](=O)[O-])c(F)c2)CC1. The van der Waals surface area contributed by atoms with Crippen LogP contribution < -0.4 is 0 Å². The van der Waals surface area contributed by atoms with Crippen LogP contribution in [0.1, 0.15) is 38.2 Å². The summed E-state index contributed by atoms with van der Waals surface area (Å²) in [4.78, 5) is 12.2. The standard InChI is InChI=1S/C15H21FN2O2/c1-2-12-4-3-8-17(9-7-12)11-13-5-6-15(18(19)20)14(16)10-13/h5-6,10,12H,2-4,7-9,11H2,1H3. The Bertz CT molecular complexity index is 479. The quantitative estimate of drug-likeness (QED) is 0.623. The Balaban J connectivity index is 1.99. The Kier molecular flexibility index (Phi) is 5.06. The summed E-state index contributed by atoms with van der Waals surface area (Å²) in [6, 6.07) is 4.21. The molecular formula is C15H21FN2O2. The highest BCUT2D eigenvalue weighted by Crippen LogP contribution is 2.23. The number of likely N-dealkylation sites (tertiary alicyclic amines) is 1. The van der Waals surface area contributed by atoms with Gasteiger partial charge in [0.25, 0.3) is 0 Å². The number of benzene rings is 1. The first-order chi connectivity index (χ1) is 9.60. The van der Waals surface area contributed by atoms with Crippen molar-refractivity contribution in [3.63, 3.8) is 0 Å². The topological polar surface area (TPSA) is 46.4 Å². The predicted molar refractivity (Wildman–Crippen MR) is 76.0 cm³/mol. The lowest BCUT2D eigenvalue weighted by molar-refractivity contribution is -0.387. The van der Waals surface area contributed by atoms with Crippen LogP contribution in [-0.2, 0) is 6.54 Å². The normalized spacial score (nSPS) is 20.6. The van der Waals surface area contributed by atoms with Crippen molar-refractivity contribution < 1.29 is 9.31 Å². The summed E-state index contributed by atoms with van der Waals surface area (Å²) in [6.07, 6.45) is 4.85. The molecule has 110 valence electrons. The molecule has 4 nitrogen and oxygen atoms in total. The fourth-order valence-electron chi connectivity index (χ4n) is 2.85. The van der Waals surface area contributed by atoms with Gasteiger partial charge in [-0.15, -0.1) is 0 Å². The van der Waals surface area contributed by atoms with E-state index in [1.807, 2.05) is 0 Å². The van der Waals surface area contributed by atoms with Gasteiger partial charge in [0.1, 0.15) is 0 Å². The minimum absolute atomic E-state index is 0.448. The average molecular weight is 280 g/mol. The highest BCUT2D eigenvalue weighted by atomic mass is 19.1. The van der Waals surface area contributed by atoms with Crippen molar-refractivity contribution >= 4 is 5.69 Å². The van der Waals surface area contributed by atoms with E-state index in [1.54, 1.807) is 6.07 Å². The van der Waals surface area contributed by atoms with E-state index < -0.39 is 16.4 Å². The zero-order valence-electron chi connectivity index (χ0n) is 11.8. The van der Waals surface area contributed by atoms with Gasteiger partial charge < -0.3 is 0 Å². The van der Waals surface area contributed by atoms with Crippen LogP contribution in [0.15, 0.2) is 18.2 Å². The van der Waals surface area contributed by atoms with Crippen LogP contribution in [0, 0.1) is 21.8 Å². The van der Waals surface area contributed by atoms with Crippen LogP contribution in [0.2, 0.25) is 0 Å². The van der Waals surface area contributed by atoms with Crippen molar-refractivity contribution in [1.29, 1.82) is 0 Å². The van der Waals surface area contributed by atoms with Gasteiger partial charge in [-0.05, 0) is 49.9 Å². The minimum Gasteiger partial charge on any atom is -0.299 e. The van der Waals surface area contributed by atoms with E-state index >= 15 is 0 Å². The lowest BCUT2D eigenvalue weighted by Crippen LogP contribution is -2.24. The molecule has 0 spiro atoms. The van der Waals surface area contributed by atoms with E-state index in [9.17, 15) is 14.5 Å². The van der Waals surface area contributed by atoms with Crippen LogP contribution in [-0.4, -0.2) is 22.9 Å². The molecule has 2 rings (SSSR count). The Morgan fingerprint density at radius 1 is 1.40 bits per heavy atom. The summed E-state index contributed by atoms with van der Waals surface area (Å²) in [5, 5.41) is 10.6. The summed E-state index contributed by atoms with van der Waals surface area (Å²) < 4.78 is 13.6. The first kappa shape index (κ1) is 14.9. The van der Waals surface area contributed by atoms with Crippen molar-refractivity contribution in [2.24, 2.45) is 5.92 Å². The molecule has 5 heteroatoms. The van der Waals surface area contributed by atoms with E-state index in [4.69, 9.17) is 0 Å². The number of hydrogen-bond acceptors (Lipinski definition) is 3. The number of hydrogen-bond donors (Lipinski definition) is 0. The third-order valence-corrected chi connectivity index (χ3v) is 4.13. The molecule has 0 aliphatic carbocycles. The van der Waals surface area contributed by atoms with E-state index in [0.29, 0.717) is 6.54 Å². The van der Waals surface area contributed by atoms with E-state index in [2.05, 4.69) is 11.8 Å². The van der Waals surface area contributed by atoms with Crippen molar-refractivity contribution in [3.8, 4) is 0 Å². The molecule has 0 aromatic heterocycles. The summed E-state index contributed by atoms with van der Waals surface area (Å²) in [5.74, 6) is 0.0577. The van der Waals surface area contributed by atoms with Crippen LogP contribution >= 0.6 is 0 Å². The van der Waals surface area contributed by atoms with Gasteiger partial charge in [0, 0.05) is 12.6 Å². The molecule has 20 heavy (non-hydrogen) atoms. The zero-order chi connectivity index (χ0) is 14.5. The molecule has 0 bridgehead atoms. The highest BCUT2D eigenvalue weighted by Gasteiger charge is 2.18. The van der Waals surface area contributed by atoms with E-state index in [0.717, 1.165) is 24.6 Å². The molecule has 1 saturated heterocycles. The zero-order valence-corrected chi connectivity index (χ0v) is 11.8. The van der Waals surface area contributed by atoms with Crippen LogP contribution in [0.25, 0.3) is 0 Å². The fraction of sp³-hybridized carbons (Fsp3) is 0.600. The summed E-state index contributed by atoms with van der Waals surface area (Å²) >= 11 is 0. The van der Waals surface area contributed by atoms with Crippen molar-refractivity contribution in [2.45, 2.75) is 39.2 Å². The molecule has 1 fully saturated rings. The molecule has 1 unspecified atom stereocenters. The monoisotopic (exact) mass is 280 g/mol. The number of halogens is 1. The number of nitro benzene ring substituents is 1. The van der Waals surface area contributed by atoms with Gasteiger partial charge in [-0.3, -0.25) is 15.0 Å². The predicted octanol–water partition coefficient (Wildman–Crippen LogP) is 3.75. The van der Waals surface area contributed by atoms with Crippen molar-refractivity contribution in [1.82, 2.24) is 4.90 Å². The van der Waals surface area contributed by atoms with Crippen molar-refractivity contribution in [3.05, 3.63) is 39.7 Å². The maximum Gasteiger partial charge on any atom is 0.304 e. The first-order valence-corrected chi connectivity index (χ1v) is 7.25. The smallest absolute Gasteiger partial charge is 0.299 e. The van der Waals surface area contributed by atoms with Gasteiger partial charge in [0.15, 0.2) is 0 Å². The van der Waals surface area contributed by atoms with Gasteiger partial charge in [-0.2, -0.15) is 4.39 Å². The van der Waals surface area contributed by atoms with Crippen molar-refractivity contribution in [2.75, 3.05) is 13.1 Å². The van der Waals surface area contributed by atoms with Gasteiger partial charge >= 0.3 is 5.69 Å². The van der Waals surface area contributed by atoms with E-state index in [1.165, 1.54) is 37.8 Å². The molecule has 1 aromatic rings. The minimum atomic E-state index is -0.742. The fourth-order valence-corrected chi connectivity index (χ4v) is 2.85. The Morgan fingerprint density at radius 3 is 2.85 bits per heavy atom. The van der Waals surface area contributed by atoms with Crippen LogP contribution in [0.5, 0.6) is 0 Å². The molecule has 1 atom stereocenters. The Hall–Kier alpha value is -1.49. The highest BCUT2D eigenvalue weighted by molar-refractivity contribution is 5.34. The third kappa shape index (κ3) is 3.76. The first-order valence-electron chi connectivity index (χ1n) is 7.25. The summed E-state index contributed by atoms with van der Waals surface area (Å²) in [7, 11) is 0. The maximum atomic E-state index is 13.6. The van der Waals surface area contributed by atoms with Gasteiger partial charge in [-0.1, -0.05) is 19.4 Å². The third-order valence-electron chi connectivity index (χ3n) is 4.13. The molecule has 1 heterocycles. The average Bonchev–Trinajstić information content (AvgIpc) is 2.63. The number of rotatable bonds is 4. The molecule has 1 aliphatic heterocycles. The Morgan fingerprint density at radius 2 is 2.20 bits per heavy atom. The van der Waals surface area contributed by atoms with Gasteiger partial charge in [-0.25, -0.2) is 0 Å². The summed E-state index contributed by atoms with van der Waals surface area (Å²) in [5.41, 5.74) is 0.360. The van der Waals surface area contributed by atoms with E-state index in [-0.39, 0.29) is 0 Å². The molecule has 1 aromatic carbocycles. The second-order valence-corrected chi connectivity index (χ2v) is 5.52. The summed E-state index contributed by atoms with van der Waals surface area (Å²) in [6.45, 7) is 4.95. The van der Waals surface area contributed by atoms with Crippen LogP contribution in [0.4, 0.5) is 10.1 Å². The lowest BCUT2D eigenvalue weighted by atomic mass is 9.98. The molecule has 0 amide bonds. The number of nitrogens with zero attached hydrogens (tertiary/aromatic N) is 2. The molecule has 0 radical (unpaired) electrons. The Labute approximate surface area is 118 Å². The second kappa shape index (κ2) is 6.79. The van der Waals surface area contributed by atoms with Gasteiger partial charge in [0.2, 0.25) is 5.82 Å². The second-order valence-electron chi connectivity index (χ2n) is 5.52. The van der Waals surface area contributed by atoms with Gasteiger partial charge in [0.05, 0.1) is 4.92 Å².